The number of aromatic nitrogens is 4. The Morgan fingerprint density at radius 2 is 2.00 bits per heavy atom. The van der Waals surface area contributed by atoms with Gasteiger partial charge in [0.15, 0.2) is 5.82 Å². The fraction of sp³-hybridized carbons (Fsp3) is 0.520. The van der Waals surface area contributed by atoms with Gasteiger partial charge in [-0.2, -0.15) is 10.4 Å². The largest absolute Gasteiger partial charge is 0.373 e. The number of anilines is 1. The van der Waals surface area contributed by atoms with Crippen LogP contribution in [0.2, 0.25) is 0 Å². The van der Waals surface area contributed by atoms with Gasteiger partial charge in [-0.15, -0.1) is 0 Å². The van der Waals surface area contributed by atoms with Gasteiger partial charge in [-0.1, -0.05) is 12.1 Å². The summed E-state index contributed by atoms with van der Waals surface area (Å²) < 4.78 is 7.93. The summed E-state index contributed by atoms with van der Waals surface area (Å²) in [4.78, 5) is 14.2. The highest BCUT2D eigenvalue weighted by Gasteiger charge is 2.75. The van der Waals surface area contributed by atoms with Crippen LogP contribution in [0.1, 0.15) is 30.7 Å². The predicted octanol–water partition coefficient (Wildman–Crippen LogP) is 2.59. The van der Waals surface area contributed by atoms with Gasteiger partial charge in [0.05, 0.1) is 42.0 Å². The molecule has 2 saturated carbocycles. The highest BCUT2D eigenvalue weighted by atomic mass is 16.5. The molecule has 3 atom stereocenters. The van der Waals surface area contributed by atoms with Gasteiger partial charge >= 0.3 is 0 Å². The Balaban J connectivity index is 1.27. The van der Waals surface area contributed by atoms with E-state index in [1.165, 1.54) is 12.8 Å². The molecule has 8 nitrogen and oxygen atoms in total. The lowest BCUT2D eigenvalue weighted by Gasteiger charge is -2.33. The summed E-state index contributed by atoms with van der Waals surface area (Å²) in [5.74, 6) is 2.40. The quantitative estimate of drug-likeness (QED) is 0.618. The number of nitrogens with zero attached hydrogens (tertiary/aromatic N) is 7. The average Bonchev–Trinajstić information content (AvgIpc) is 3.59. The average molecular weight is 442 g/mol. The molecular weight excluding hydrogens is 414 g/mol. The van der Waals surface area contributed by atoms with Gasteiger partial charge in [-0.3, -0.25) is 4.90 Å². The highest BCUT2D eigenvalue weighted by Crippen LogP contribution is 2.78. The van der Waals surface area contributed by atoms with Gasteiger partial charge in [0.25, 0.3) is 0 Å². The molecule has 4 fully saturated rings. The summed E-state index contributed by atoms with van der Waals surface area (Å²) in [6.45, 7) is 5.42. The lowest BCUT2D eigenvalue weighted by molar-refractivity contribution is -0.0362. The van der Waals surface area contributed by atoms with Crippen LogP contribution in [0.15, 0.2) is 30.5 Å². The minimum absolute atomic E-state index is 0.214. The van der Waals surface area contributed by atoms with Crippen molar-refractivity contribution in [1.82, 2.24) is 24.6 Å². The van der Waals surface area contributed by atoms with Crippen LogP contribution in [0.25, 0.3) is 16.7 Å². The molecule has 0 amide bonds. The first-order valence-corrected chi connectivity index (χ1v) is 11.8. The fourth-order valence-electron chi connectivity index (χ4n) is 6.17. The first-order chi connectivity index (χ1) is 16.0. The number of hydrogen-bond acceptors (Lipinski definition) is 7. The smallest absolute Gasteiger partial charge is 0.159 e. The van der Waals surface area contributed by atoms with Crippen LogP contribution in [0.3, 0.4) is 0 Å². The van der Waals surface area contributed by atoms with Crippen LogP contribution in [-0.2, 0) is 10.2 Å². The summed E-state index contributed by atoms with van der Waals surface area (Å²) in [7, 11) is 2.17. The molecule has 0 bridgehead atoms. The van der Waals surface area contributed by atoms with Crippen LogP contribution in [-0.4, -0.2) is 70.1 Å². The molecule has 2 aliphatic heterocycles. The molecule has 4 aliphatic rings. The zero-order chi connectivity index (χ0) is 22.4. The van der Waals surface area contributed by atoms with E-state index in [1.807, 2.05) is 23.9 Å². The number of morpholine rings is 1. The maximum absolute atomic E-state index is 9.98. The summed E-state index contributed by atoms with van der Waals surface area (Å²) >= 11 is 0. The minimum Gasteiger partial charge on any atom is -0.373 e. The Hall–Kier alpha value is -3.02. The molecular formula is C25H27N7O. The van der Waals surface area contributed by atoms with Crippen LogP contribution >= 0.6 is 0 Å². The lowest BCUT2D eigenvalue weighted by Crippen LogP contribution is -2.48. The third-order valence-electron chi connectivity index (χ3n) is 8.42. The number of nitriles is 1. The van der Waals surface area contributed by atoms with Gasteiger partial charge in [0.1, 0.15) is 11.6 Å². The maximum atomic E-state index is 9.98. The number of aryl methyl sites for hydroxylation is 1. The van der Waals surface area contributed by atoms with E-state index < -0.39 is 0 Å². The molecule has 2 aromatic heterocycles. The third-order valence-corrected chi connectivity index (χ3v) is 8.42. The molecule has 2 saturated heterocycles. The Bertz CT molecular complexity index is 1320. The van der Waals surface area contributed by atoms with Crippen molar-refractivity contribution in [2.45, 2.75) is 43.7 Å². The van der Waals surface area contributed by atoms with Gasteiger partial charge in [0.2, 0.25) is 0 Å². The van der Waals surface area contributed by atoms with E-state index >= 15 is 0 Å². The van der Waals surface area contributed by atoms with Crippen molar-refractivity contribution in [2.24, 2.45) is 5.41 Å². The van der Waals surface area contributed by atoms with E-state index in [9.17, 15) is 5.26 Å². The Morgan fingerprint density at radius 1 is 1.15 bits per heavy atom. The summed E-state index contributed by atoms with van der Waals surface area (Å²) in [5.41, 5.74) is 2.03. The van der Waals surface area contributed by atoms with Crippen molar-refractivity contribution in [2.75, 3.05) is 38.2 Å². The van der Waals surface area contributed by atoms with Crippen LogP contribution in [0.5, 0.6) is 0 Å². The molecule has 1 spiro atoms. The highest BCUT2D eigenvalue weighted by molar-refractivity contribution is 5.82. The summed E-state index contributed by atoms with van der Waals surface area (Å²) in [6.07, 6.45) is 5.42. The van der Waals surface area contributed by atoms with Crippen molar-refractivity contribution < 1.29 is 4.74 Å². The lowest BCUT2D eigenvalue weighted by atomic mass is 9.93. The number of likely N-dealkylation sites (N-methyl/N-ethyl adjacent to an activating group) is 1. The topological polar surface area (TPSA) is 83.1 Å². The number of hydrogen-bond donors (Lipinski definition) is 0. The first kappa shape index (κ1) is 19.4. The fourth-order valence-corrected chi connectivity index (χ4v) is 6.17. The predicted molar refractivity (Wildman–Crippen MR) is 123 cm³/mol. The SMILES string of the molecule is Cc1nc(N2C[C@@H]3OCCN(C)[C@@H]3C2)cc(-n2ncc3ccc([C@]4(C#N)CC45CC5)cc32)n1. The molecule has 33 heavy (non-hydrogen) atoms. The monoisotopic (exact) mass is 441 g/mol. The second kappa shape index (κ2) is 6.52. The molecule has 4 heterocycles. The molecule has 1 aromatic carbocycles. The van der Waals surface area contributed by atoms with Crippen molar-refractivity contribution in [3.63, 3.8) is 0 Å². The minimum atomic E-state index is -0.319. The van der Waals surface area contributed by atoms with E-state index in [1.54, 1.807) is 0 Å². The molecule has 0 unspecified atom stereocenters. The second-order valence-electron chi connectivity index (χ2n) is 10.3. The van der Waals surface area contributed by atoms with Crippen molar-refractivity contribution >= 4 is 16.7 Å². The van der Waals surface area contributed by atoms with Gasteiger partial charge in [-0.25, -0.2) is 14.6 Å². The van der Waals surface area contributed by atoms with Crippen molar-refractivity contribution in [3.8, 4) is 11.9 Å². The normalized spacial score (nSPS) is 29.9. The Labute approximate surface area is 192 Å². The Morgan fingerprint density at radius 3 is 2.76 bits per heavy atom. The van der Waals surface area contributed by atoms with Crippen LogP contribution in [0.4, 0.5) is 5.82 Å². The van der Waals surface area contributed by atoms with Crippen molar-refractivity contribution in [3.05, 3.63) is 41.9 Å². The molecule has 168 valence electrons. The van der Waals surface area contributed by atoms with E-state index in [-0.39, 0.29) is 16.9 Å². The molecule has 7 rings (SSSR count). The zero-order valence-electron chi connectivity index (χ0n) is 19.0. The van der Waals surface area contributed by atoms with Gasteiger partial charge in [0, 0.05) is 31.1 Å². The Kier molecular flexibility index (Phi) is 3.84. The van der Waals surface area contributed by atoms with Gasteiger partial charge in [-0.05, 0) is 50.3 Å². The molecule has 3 aromatic rings. The number of rotatable bonds is 3. The van der Waals surface area contributed by atoms with E-state index in [2.05, 4.69) is 46.2 Å². The maximum Gasteiger partial charge on any atom is 0.159 e. The summed E-state index contributed by atoms with van der Waals surface area (Å²) in [5, 5.41) is 15.7. The van der Waals surface area contributed by atoms with Gasteiger partial charge < -0.3 is 9.64 Å². The van der Waals surface area contributed by atoms with E-state index in [0.29, 0.717) is 6.04 Å². The summed E-state index contributed by atoms with van der Waals surface area (Å²) in [6, 6.07) is 11.4. The van der Waals surface area contributed by atoms with Crippen LogP contribution < -0.4 is 4.90 Å². The van der Waals surface area contributed by atoms with E-state index in [4.69, 9.17) is 14.7 Å². The number of ether oxygens (including phenoxy) is 1. The van der Waals surface area contributed by atoms with Crippen LogP contribution in [0, 0.1) is 23.7 Å². The van der Waals surface area contributed by atoms with Crippen molar-refractivity contribution in [1.29, 1.82) is 5.26 Å². The standard InChI is InChI=1S/C25H27N7O/c1-16-28-22(31-12-20-21(13-31)33-8-7-30(20)2)10-23(29-16)32-19-9-18(4-3-17(19)11-27-32)25(15-26)14-24(25)5-6-24/h3-4,9-11,20-21H,5-8,12-14H2,1-2H3/t20-,21+,25-/m1/s1. The molecule has 0 radical (unpaired) electrons. The first-order valence-electron chi connectivity index (χ1n) is 11.8. The molecule has 8 heteroatoms. The molecule has 0 N–H and O–H groups in total. The van der Waals surface area contributed by atoms with E-state index in [0.717, 1.165) is 66.6 Å². The number of fused-ring (bicyclic) bond motifs is 2. The third kappa shape index (κ3) is 2.73. The number of benzene rings is 1. The second-order valence-corrected chi connectivity index (χ2v) is 10.3. The molecule has 2 aliphatic carbocycles. The zero-order valence-corrected chi connectivity index (χ0v) is 19.0.